The zero-order chi connectivity index (χ0) is 14.5. The van der Waals surface area contributed by atoms with E-state index in [0.29, 0.717) is 16.3 Å². The van der Waals surface area contributed by atoms with Crippen LogP contribution in [0.1, 0.15) is 12.0 Å². The van der Waals surface area contributed by atoms with Gasteiger partial charge in [0, 0.05) is 29.4 Å². The number of esters is 1. The highest BCUT2D eigenvalue weighted by Crippen LogP contribution is 2.26. The van der Waals surface area contributed by atoms with Crippen LogP contribution in [0.5, 0.6) is 0 Å². The molecule has 2 rings (SSSR count). The van der Waals surface area contributed by atoms with Gasteiger partial charge in [0.15, 0.2) is 0 Å². The Morgan fingerprint density at radius 3 is 2.90 bits per heavy atom. The van der Waals surface area contributed by atoms with Crippen LogP contribution in [-0.2, 0) is 9.53 Å². The summed E-state index contributed by atoms with van der Waals surface area (Å²) in [5.41, 5.74) is 0.587. The topological polar surface area (TPSA) is 82.3 Å². The Labute approximate surface area is 114 Å². The average Bonchev–Trinajstić information content (AvgIpc) is 2.46. The maximum atomic E-state index is 11.0. The highest BCUT2D eigenvalue weighted by molar-refractivity contribution is 5.94. The molecule has 0 aliphatic carbocycles. The van der Waals surface area contributed by atoms with Crippen molar-refractivity contribution in [2.75, 3.05) is 7.11 Å². The van der Waals surface area contributed by atoms with E-state index in [9.17, 15) is 14.9 Å². The number of rotatable bonds is 2. The molecule has 2 aromatic rings. The van der Waals surface area contributed by atoms with Crippen molar-refractivity contribution in [1.29, 1.82) is 0 Å². The molecule has 0 N–H and O–H groups in total. The summed E-state index contributed by atoms with van der Waals surface area (Å²) in [6, 6.07) is 4.60. The molecule has 0 aliphatic rings. The lowest BCUT2D eigenvalue weighted by molar-refractivity contribution is -0.383. The number of pyridine rings is 1. The first-order valence-corrected chi connectivity index (χ1v) is 5.70. The molecule has 20 heavy (non-hydrogen) atoms. The minimum Gasteiger partial charge on any atom is -0.468 e. The molecule has 0 unspecified atom stereocenters. The third kappa shape index (κ3) is 2.72. The van der Waals surface area contributed by atoms with Crippen LogP contribution in [0.3, 0.4) is 0 Å². The van der Waals surface area contributed by atoms with Crippen molar-refractivity contribution >= 4 is 22.4 Å². The van der Waals surface area contributed by atoms with Crippen LogP contribution < -0.4 is 0 Å². The standard InChI is InChI=1S/C14H10N2O4/c1-20-14(17)4-2-3-10-5-6-13(16(18)19)12-9-15-8-7-11(10)12/h5-9H,4H2,1H3. The lowest BCUT2D eigenvalue weighted by Gasteiger charge is -2.01. The summed E-state index contributed by atoms with van der Waals surface area (Å²) in [7, 11) is 1.29. The first kappa shape index (κ1) is 13.5. The van der Waals surface area contributed by atoms with E-state index < -0.39 is 10.9 Å². The van der Waals surface area contributed by atoms with Gasteiger partial charge in [-0.1, -0.05) is 11.8 Å². The van der Waals surface area contributed by atoms with Crippen LogP contribution in [0.25, 0.3) is 10.8 Å². The molecule has 0 saturated heterocycles. The average molecular weight is 270 g/mol. The second-order valence-corrected chi connectivity index (χ2v) is 3.87. The summed E-state index contributed by atoms with van der Waals surface area (Å²) < 4.78 is 4.49. The van der Waals surface area contributed by atoms with Crippen LogP contribution in [0.4, 0.5) is 5.69 Å². The second-order valence-electron chi connectivity index (χ2n) is 3.87. The number of benzene rings is 1. The molecule has 0 spiro atoms. The molecule has 0 saturated carbocycles. The van der Waals surface area contributed by atoms with Gasteiger partial charge in [0.05, 0.1) is 17.4 Å². The highest BCUT2D eigenvalue weighted by atomic mass is 16.6. The molecule has 100 valence electrons. The molecular weight excluding hydrogens is 260 g/mol. The van der Waals surface area contributed by atoms with Gasteiger partial charge in [0.25, 0.3) is 5.69 Å². The number of nitrogens with zero attached hydrogens (tertiary/aromatic N) is 2. The molecular formula is C14H10N2O4. The van der Waals surface area contributed by atoms with Gasteiger partial charge < -0.3 is 4.74 Å². The molecule has 0 atom stereocenters. The van der Waals surface area contributed by atoms with Crippen molar-refractivity contribution in [3.63, 3.8) is 0 Å². The maximum Gasteiger partial charge on any atom is 0.317 e. The lowest BCUT2D eigenvalue weighted by atomic mass is 10.1. The van der Waals surface area contributed by atoms with Crippen LogP contribution in [0, 0.1) is 22.0 Å². The SMILES string of the molecule is COC(=O)CC#Cc1ccc([N+](=O)[O-])c2cnccc12. The van der Waals surface area contributed by atoms with Gasteiger partial charge in [-0.3, -0.25) is 19.9 Å². The fraction of sp³-hybridized carbons (Fsp3) is 0.143. The van der Waals surface area contributed by atoms with E-state index in [2.05, 4.69) is 21.6 Å². The minimum absolute atomic E-state index is 0.0217. The number of carbonyl (C=O) groups excluding carboxylic acids is 1. The molecule has 6 nitrogen and oxygen atoms in total. The number of methoxy groups -OCH3 is 1. The number of nitro benzene ring substituents is 1. The highest BCUT2D eigenvalue weighted by Gasteiger charge is 2.13. The second kappa shape index (κ2) is 5.80. The Balaban J connectivity index is 2.48. The molecule has 0 amide bonds. The van der Waals surface area contributed by atoms with E-state index in [-0.39, 0.29) is 12.1 Å². The Hall–Kier alpha value is -2.94. The van der Waals surface area contributed by atoms with E-state index in [1.807, 2.05) is 0 Å². The molecule has 1 heterocycles. The number of hydrogen-bond acceptors (Lipinski definition) is 5. The monoisotopic (exact) mass is 270 g/mol. The molecule has 0 radical (unpaired) electrons. The summed E-state index contributed by atoms with van der Waals surface area (Å²) in [4.78, 5) is 25.4. The van der Waals surface area contributed by atoms with E-state index in [1.165, 1.54) is 25.6 Å². The Morgan fingerprint density at radius 1 is 1.40 bits per heavy atom. The number of fused-ring (bicyclic) bond motifs is 1. The van der Waals surface area contributed by atoms with Gasteiger partial charge in [0.1, 0.15) is 6.42 Å². The number of nitro groups is 1. The van der Waals surface area contributed by atoms with E-state index in [4.69, 9.17) is 0 Å². The number of ether oxygens (including phenoxy) is 1. The predicted octanol–water partition coefficient (Wildman–Crippen LogP) is 2.06. The summed E-state index contributed by atoms with van der Waals surface area (Å²) >= 11 is 0. The Kier molecular flexibility index (Phi) is 3.91. The largest absolute Gasteiger partial charge is 0.468 e. The minimum atomic E-state index is -0.463. The number of non-ortho nitro benzene ring substituents is 1. The molecule has 1 aromatic heterocycles. The van der Waals surface area contributed by atoms with Crippen LogP contribution in [0.2, 0.25) is 0 Å². The van der Waals surface area contributed by atoms with E-state index in [1.54, 1.807) is 12.1 Å². The first-order chi connectivity index (χ1) is 9.63. The van der Waals surface area contributed by atoms with Crippen LogP contribution >= 0.6 is 0 Å². The number of hydrogen-bond donors (Lipinski definition) is 0. The molecule has 0 aliphatic heterocycles. The van der Waals surface area contributed by atoms with Gasteiger partial charge in [-0.25, -0.2) is 0 Å². The summed E-state index contributed by atoms with van der Waals surface area (Å²) in [5, 5.41) is 12.0. The Morgan fingerprint density at radius 2 is 2.20 bits per heavy atom. The summed E-state index contributed by atoms with van der Waals surface area (Å²) in [6.07, 6.45) is 2.94. The summed E-state index contributed by atoms with van der Waals surface area (Å²) in [5.74, 6) is 5.07. The van der Waals surface area contributed by atoms with Gasteiger partial charge in [-0.05, 0) is 12.1 Å². The zero-order valence-corrected chi connectivity index (χ0v) is 10.6. The van der Waals surface area contributed by atoms with Crippen LogP contribution in [0.15, 0.2) is 30.6 Å². The third-order valence-electron chi connectivity index (χ3n) is 2.68. The smallest absolute Gasteiger partial charge is 0.317 e. The maximum absolute atomic E-state index is 11.0. The molecule has 0 bridgehead atoms. The fourth-order valence-corrected chi connectivity index (χ4v) is 1.73. The molecule has 6 heteroatoms. The number of aromatic nitrogens is 1. The van der Waals surface area contributed by atoms with E-state index >= 15 is 0 Å². The lowest BCUT2D eigenvalue weighted by Crippen LogP contribution is -1.97. The van der Waals surface area contributed by atoms with Gasteiger partial charge in [0.2, 0.25) is 0 Å². The molecule has 1 aromatic carbocycles. The van der Waals surface area contributed by atoms with Crippen molar-refractivity contribution in [2.24, 2.45) is 0 Å². The van der Waals surface area contributed by atoms with Gasteiger partial charge in [-0.2, -0.15) is 0 Å². The number of carbonyl (C=O) groups is 1. The van der Waals surface area contributed by atoms with Crippen molar-refractivity contribution < 1.29 is 14.5 Å². The zero-order valence-electron chi connectivity index (χ0n) is 10.6. The van der Waals surface area contributed by atoms with Crippen molar-refractivity contribution in [3.8, 4) is 11.8 Å². The van der Waals surface area contributed by atoms with Gasteiger partial charge >= 0.3 is 5.97 Å². The normalized spacial score (nSPS) is 9.65. The molecule has 0 fully saturated rings. The van der Waals surface area contributed by atoms with Crippen molar-refractivity contribution in [3.05, 3.63) is 46.3 Å². The first-order valence-electron chi connectivity index (χ1n) is 5.70. The quantitative estimate of drug-likeness (QED) is 0.361. The van der Waals surface area contributed by atoms with Crippen LogP contribution in [-0.4, -0.2) is 23.0 Å². The Bertz CT molecular complexity index is 744. The van der Waals surface area contributed by atoms with Crippen molar-refractivity contribution in [2.45, 2.75) is 6.42 Å². The van der Waals surface area contributed by atoms with E-state index in [0.717, 1.165) is 0 Å². The predicted molar refractivity (Wildman–Crippen MR) is 71.9 cm³/mol. The summed E-state index contributed by atoms with van der Waals surface area (Å²) in [6.45, 7) is 0. The van der Waals surface area contributed by atoms with Crippen molar-refractivity contribution in [1.82, 2.24) is 4.98 Å². The van der Waals surface area contributed by atoms with Gasteiger partial charge in [-0.15, -0.1) is 0 Å². The fourth-order valence-electron chi connectivity index (χ4n) is 1.73. The third-order valence-corrected chi connectivity index (χ3v) is 2.68.